The van der Waals surface area contributed by atoms with Gasteiger partial charge < -0.3 is 10.6 Å². The minimum atomic E-state index is -0.0952. The molecule has 3 aromatic rings. The van der Waals surface area contributed by atoms with Crippen LogP contribution in [0.15, 0.2) is 66.7 Å². The Morgan fingerprint density at radius 1 is 0.931 bits per heavy atom. The van der Waals surface area contributed by atoms with E-state index in [-0.39, 0.29) is 11.8 Å². The van der Waals surface area contributed by atoms with Crippen LogP contribution < -0.4 is 10.6 Å². The van der Waals surface area contributed by atoms with E-state index in [2.05, 4.69) is 54.8 Å². The third-order valence-electron chi connectivity index (χ3n) is 4.47. The van der Waals surface area contributed by atoms with Gasteiger partial charge >= 0.3 is 0 Å². The van der Waals surface area contributed by atoms with Gasteiger partial charge in [-0.2, -0.15) is 0 Å². The Kier molecular flexibility index (Phi) is 7.30. The molecule has 0 aromatic heterocycles. The van der Waals surface area contributed by atoms with E-state index in [0.717, 1.165) is 5.75 Å². The van der Waals surface area contributed by atoms with E-state index in [1.807, 2.05) is 12.1 Å². The summed E-state index contributed by atoms with van der Waals surface area (Å²) in [6, 6.07) is 21.5. The van der Waals surface area contributed by atoms with Crippen molar-refractivity contribution in [3.05, 3.63) is 77.9 Å². The average molecular weight is 407 g/mol. The van der Waals surface area contributed by atoms with Crippen LogP contribution in [0.5, 0.6) is 0 Å². The molecule has 4 nitrogen and oxygen atoms in total. The second kappa shape index (κ2) is 10.1. The maximum Gasteiger partial charge on any atom is 0.251 e. The first-order valence-corrected chi connectivity index (χ1v) is 10.9. The van der Waals surface area contributed by atoms with Crippen molar-refractivity contribution in [3.8, 4) is 0 Å². The topological polar surface area (TPSA) is 58.2 Å². The molecule has 0 spiro atoms. The van der Waals surface area contributed by atoms with Crippen molar-refractivity contribution in [1.82, 2.24) is 5.32 Å². The lowest BCUT2D eigenvalue weighted by atomic mass is 10.1. The normalized spacial score (nSPS) is 10.9. The third kappa shape index (κ3) is 6.09. The highest BCUT2D eigenvalue weighted by molar-refractivity contribution is 7.99. The minimum absolute atomic E-state index is 0.0488. The van der Waals surface area contributed by atoms with Gasteiger partial charge in [-0.3, -0.25) is 9.59 Å². The van der Waals surface area contributed by atoms with E-state index < -0.39 is 0 Å². The molecule has 3 rings (SSSR count). The Morgan fingerprint density at radius 2 is 1.66 bits per heavy atom. The van der Waals surface area contributed by atoms with Crippen LogP contribution in [-0.2, 0) is 10.5 Å². The first-order valence-electron chi connectivity index (χ1n) is 9.75. The predicted octanol–water partition coefficient (Wildman–Crippen LogP) is 5.10. The fraction of sp³-hybridized carbons (Fsp3) is 0.250. The number of carbonyl (C=O) groups excluding carboxylic acids is 2. The molecule has 0 aliphatic carbocycles. The van der Waals surface area contributed by atoms with Crippen molar-refractivity contribution in [2.24, 2.45) is 5.92 Å². The Balaban J connectivity index is 1.48. The maximum atomic E-state index is 12.3. The highest BCUT2D eigenvalue weighted by Gasteiger charge is 2.08. The van der Waals surface area contributed by atoms with Crippen molar-refractivity contribution < 1.29 is 9.59 Å². The summed E-state index contributed by atoms with van der Waals surface area (Å²) in [6.45, 7) is 4.75. The summed E-state index contributed by atoms with van der Waals surface area (Å²) in [5.41, 5.74) is 2.52. The summed E-state index contributed by atoms with van der Waals surface area (Å²) in [7, 11) is 0. The van der Waals surface area contributed by atoms with Crippen LogP contribution in [0.25, 0.3) is 10.8 Å². The molecule has 5 heteroatoms. The highest BCUT2D eigenvalue weighted by atomic mass is 32.2. The number of hydrogen-bond acceptors (Lipinski definition) is 3. The molecular formula is C24H26N2O2S. The molecule has 0 atom stereocenters. The zero-order valence-corrected chi connectivity index (χ0v) is 17.6. The molecule has 0 heterocycles. The standard InChI is InChI=1S/C24H26N2O2S/c1-17(2)14-25-24(28)19-10-12-21(13-11-19)26-23(27)16-29-15-20-8-5-7-18-6-3-4-9-22(18)20/h3-13,17H,14-16H2,1-2H3,(H,25,28)(H,26,27). The van der Waals surface area contributed by atoms with E-state index in [1.165, 1.54) is 16.3 Å². The van der Waals surface area contributed by atoms with Gasteiger partial charge in [0.2, 0.25) is 5.91 Å². The molecule has 0 radical (unpaired) electrons. The molecule has 0 aliphatic heterocycles. The molecule has 0 saturated carbocycles. The lowest BCUT2D eigenvalue weighted by Crippen LogP contribution is -2.27. The van der Waals surface area contributed by atoms with Gasteiger partial charge in [0.05, 0.1) is 5.75 Å². The van der Waals surface area contributed by atoms with Crippen LogP contribution in [-0.4, -0.2) is 24.1 Å². The van der Waals surface area contributed by atoms with Crippen molar-refractivity contribution in [3.63, 3.8) is 0 Å². The second-order valence-corrected chi connectivity index (χ2v) is 8.35. The molecule has 2 N–H and O–H groups in total. The Bertz CT molecular complexity index is 978. The predicted molar refractivity (Wildman–Crippen MR) is 122 cm³/mol. The van der Waals surface area contributed by atoms with Gasteiger partial charge in [-0.05, 0) is 46.5 Å². The number of hydrogen-bond donors (Lipinski definition) is 2. The van der Waals surface area contributed by atoms with Gasteiger partial charge in [-0.15, -0.1) is 11.8 Å². The number of amides is 2. The molecule has 0 fully saturated rings. The van der Waals surface area contributed by atoms with Crippen molar-refractivity contribution in [2.75, 3.05) is 17.6 Å². The number of rotatable bonds is 8. The first kappa shape index (κ1) is 20.9. The Labute approximate surface area is 176 Å². The van der Waals surface area contributed by atoms with Gasteiger partial charge in [0.15, 0.2) is 0 Å². The summed E-state index contributed by atoms with van der Waals surface area (Å²) in [5, 5.41) is 8.22. The fourth-order valence-corrected chi connectivity index (χ4v) is 3.80. The van der Waals surface area contributed by atoms with Crippen LogP contribution >= 0.6 is 11.8 Å². The lowest BCUT2D eigenvalue weighted by molar-refractivity contribution is -0.113. The SMILES string of the molecule is CC(C)CNC(=O)c1ccc(NC(=O)CSCc2cccc3ccccc23)cc1. The molecule has 0 saturated heterocycles. The van der Waals surface area contributed by atoms with Gasteiger partial charge in [0.25, 0.3) is 5.91 Å². The molecule has 150 valence electrons. The second-order valence-electron chi connectivity index (χ2n) is 7.36. The van der Waals surface area contributed by atoms with E-state index in [0.29, 0.717) is 29.5 Å². The Morgan fingerprint density at radius 3 is 2.41 bits per heavy atom. The van der Waals surface area contributed by atoms with Crippen molar-refractivity contribution in [2.45, 2.75) is 19.6 Å². The summed E-state index contributed by atoms with van der Waals surface area (Å²) < 4.78 is 0. The van der Waals surface area contributed by atoms with E-state index in [9.17, 15) is 9.59 Å². The quantitative estimate of drug-likeness (QED) is 0.547. The summed E-state index contributed by atoms with van der Waals surface area (Å²) in [4.78, 5) is 24.3. The highest BCUT2D eigenvalue weighted by Crippen LogP contribution is 2.22. The van der Waals surface area contributed by atoms with Crippen LogP contribution in [0.4, 0.5) is 5.69 Å². The Hall–Kier alpha value is -2.79. The van der Waals surface area contributed by atoms with E-state index in [4.69, 9.17) is 0 Å². The van der Waals surface area contributed by atoms with Crippen LogP contribution in [0.1, 0.15) is 29.8 Å². The third-order valence-corrected chi connectivity index (χ3v) is 5.45. The monoisotopic (exact) mass is 406 g/mol. The first-order chi connectivity index (χ1) is 14.0. The van der Waals surface area contributed by atoms with E-state index in [1.54, 1.807) is 36.0 Å². The lowest BCUT2D eigenvalue weighted by Gasteiger charge is -2.09. The number of benzene rings is 3. The van der Waals surface area contributed by atoms with E-state index >= 15 is 0 Å². The largest absolute Gasteiger partial charge is 0.352 e. The molecule has 0 aliphatic rings. The van der Waals surface area contributed by atoms with Crippen LogP contribution in [0.2, 0.25) is 0 Å². The zero-order chi connectivity index (χ0) is 20.6. The number of carbonyl (C=O) groups is 2. The molecule has 0 unspecified atom stereocenters. The average Bonchev–Trinajstić information content (AvgIpc) is 2.72. The summed E-state index contributed by atoms with van der Waals surface area (Å²) in [6.07, 6.45) is 0. The molecule has 3 aromatic carbocycles. The van der Waals surface area contributed by atoms with Crippen molar-refractivity contribution >= 4 is 40.0 Å². The number of anilines is 1. The molecular weight excluding hydrogens is 380 g/mol. The van der Waals surface area contributed by atoms with Crippen LogP contribution in [0.3, 0.4) is 0 Å². The molecule has 29 heavy (non-hydrogen) atoms. The van der Waals surface area contributed by atoms with Gasteiger partial charge in [-0.25, -0.2) is 0 Å². The fourth-order valence-electron chi connectivity index (χ4n) is 2.97. The minimum Gasteiger partial charge on any atom is -0.352 e. The van der Waals surface area contributed by atoms with Crippen molar-refractivity contribution in [1.29, 1.82) is 0 Å². The van der Waals surface area contributed by atoms with Crippen LogP contribution in [0, 0.1) is 5.92 Å². The molecule has 2 amide bonds. The van der Waals surface area contributed by atoms with Gasteiger partial charge in [-0.1, -0.05) is 56.3 Å². The number of nitrogens with one attached hydrogen (secondary N) is 2. The summed E-state index contributed by atoms with van der Waals surface area (Å²) >= 11 is 1.59. The van der Waals surface area contributed by atoms with Gasteiger partial charge in [0.1, 0.15) is 0 Å². The van der Waals surface area contributed by atoms with Gasteiger partial charge in [0, 0.05) is 23.5 Å². The number of fused-ring (bicyclic) bond motifs is 1. The smallest absolute Gasteiger partial charge is 0.251 e. The summed E-state index contributed by atoms with van der Waals surface area (Å²) in [5.74, 6) is 1.42. The maximum absolute atomic E-state index is 12.3. The molecule has 0 bridgehead atoms. The zero-order valence-electron chi connectivity index (χ0n) is 16.8. The number of thioether (sulfide) groups is 1.